The summed E-state index contributed by atoms with van der Waals surface area (Å²) in [5.74, 6) is 0.464. The van der Waals surface area contributed by atoms with E-state index in [1.54, 1.807) is 11.9 Å². The van der Waals surface area contributed by atoms with Gasteiger partial charge in [-0.25, -0.2) is 0 Å². The molecule has 0 bridgehead atoms. The Kier molecular flexibility index (Phi) is 6.27. The second-order valence-electron chi connectivity index (χ2n) is 7.49. The minimum absolute atomic E-state index is 0.104. The van der Waals surface area contributed by atoms with E-state index in [0.29, 0.717) is 18.0 Å². The van der Waals surface area contributed by atoms with Gasteiger partial charge in [0.25, 0.3) is 5.91 Å². The Labute approximate surface area is 145 Å². The predicted octanol–water partition coefficient (Wildman–Crippen LogP) is 4.28. The highest BCUT2D eigenvalue weighted by molar-refractivity contribution is 5.97. The van der Waals surface area contributed by atoms with Crippen molar-refractivity contribution >= 4 is 5.91 Å². The van der Waals surface area contributed by atoms with Crippen molar-refractivity contribution in [3.05, 3.63) is 28.8 Å². The van der Waals surface area contributed by atoms with Crippen molar-refractivity contribution in [1.29, 1.82) is 0 Å². The molecule has 1 aliphatic heterocycles. The molecule has 1 fully saturated rings. The highest BCUT2D eigenvalue weighted by Crippen LogP contribution is 2.33. The molecule has 1 N–H and O–H groups in total. The molecule has 24 heavy (non-hydrogen) atoms. The molecule has 0 radical (unpaired) electrons. The Morgan fingerprint density at radius 1 is 1.25 bits per heavy atom. The average Bonchev–Trinajstić information content (AvgIpc) is 2.54. The van der Waals surface area contributed by atoms with E-state index in [4.69, 9.17) is 4.74 Å². The molecule has 1 atom stereocenters. The number of nitrogens with zero attached hydrogens (tertiary/aromatic N) is 1. The molecule has 1 heterocycles. The van der Waals surface area contributed by atoms with Crippen LogP contribution in [-0.2, 0) is 4.74 Å². The van der Waals surface area contributed by atoms with Crippen molar-refractivity contribution in [2.24, 2.45) is 0 Å². The monoisotopic (exact) mass is 333 g/mol. The van der Waals surface area contributed by atoms with E-state index in [9.17, 15) is 9.90 Å². The van der Waals surface area contributed by atoms with Gasteiger partial charge in [-0.3, -0.25) is 4.79 Å². The van der Waals surface area contributed by atoms with Gasteiger partial charge in [0, 0.05) is 20.2 Å². The molecule has 1 unspecified atom stereocenters. The molecule has 0 aromatic heterocycles. The van der Waals surface area contributed by atoms with E-state index in [1.807, 2.05) is 26.0 Å². The molecule has 4 heteroatoms. The standard InChI is InChI=1S/C20H31NO3/c1-13(2)15-10-17(14(3)4)19(22)18(11-15)20(23)21(5)12-16-8-6-7-9-24-16/h10-11,13-14,16,22H,6-9,12H2,1-5H3. The van der Waals surface area contributed by atoms with E-state index in [1.165, 1.54) is 0 Å². The van der Waals surface area contributed by atoms with Crippen molar-refractivity contribution in [1.82, 2.24) is 4.90 Å². The van der Waals surface area contributed by atoms with Gasteiger partial charge in [-0.2, -0.15) is 0 Å². The smallest absolute Gasteiger partial charge is 0.257 e. The van der Waals surface area contributed by atoms with Gasteiger partial charge >= 0.3 is 0 Å². The van der Waals surface area contributed by atoms with Crippen LogP contribution in [-0.4, -0.2) is 42.2 Å². The fourth-order valence-electron chi connectivity index (χ4n) is 3.16. The number of carbonyl (C=O) groups is 1. The lowest BCUT2D eigenvalue weighted by Gasteiger charge is -2.28. The maximum Gasteiger partial charge on any atom is 0.257 e. The lowest BCUT2D eigenvalue weighted by atomic mass is 9.91. The number of hydrogen-bond acceptors (Lipinski definition) is 3. The number of amides is 1. The first-order valence-electron chi connectivity index (χ1n) is 9.05. The van der Waals surface area contributed by atoms with Crippen molar-refractivity contribution in [3.8, 4) is 5.75 Å². The van der Waals surface area contributed by atoms with Crippen LogP contribution in [0.5, 0.6) is 5.75 Å². The second kappa shape index (κ2) is 8.02. The first kappa shape index (κ1) is 18.8. The Morgan fingerprint density at radius 2 is 1.96 bits per heavy atom. The summed E-state index contributed by atoms with van der Waals surface area (Å²) in [4.78, 5) is 14.6. The fourth-order valence-corrected chi connectivity index (χ4v) is 3.16. The summed E-state index contributed by atoms with van der Waals surface area (Å²) in [5.41, 5.74) is 2.33. The molecule has 4 nitrogen and oxygen atoms in total. The second-order valence-corrected chi connectivity index (χ2v) is 7.49. The number of benzene rings is 1. The van der Waals surface area contributed by atoms with E-state index in [-0.39, 0.29) is 23.7 Å². The molecule has 0 saturated carbocycles. The Bertz CT molecular complexity index is 574. The third kappa shape index (κ3) is 4.29. The van der Waals surface area contributed by atoms with Crippen LogP contribution in [0.15, 0.2) is 12.1 Å². The summed E-state index contributed by atoms with van der Waals surface area (Å²) >= 11 is 0. The van der Waals surface area contributed by atoms with Crippen LogP contribution in [0, 0.1) is 0 Å². The molecule has 1 aromatic carbocycles. The Hall–Kier alpha value is -1.55. The molecule has 2 rings (SSSR count). The van der Waals surface area contributed by atoms with Gasteiger partial charge < -0.3 is 14.7 Å². The van der Waals surface area contributed by atoms with Gasteiger partial charge in [0.15, 0.2) is 0 Å². The minimum Gasteiger partial charge on any atom is -0.507 e. The Balaban J connectivity index is 2.26. The molecule has 1 aliphatic rings. The zero-order valence-electron chi connectivity index (χ0n) is 15.6. The van der Waals surface area contributed by atoms with Crippen LogP contribution in [0.1, 0.15) is 80.3 Å². The first-order valence-corrected chi connectivity index (χ1v) is 9.05. The van der Waals surface area contributed by atoms with Gasteiger partial charge in [-0.15, -0.1) is 0 Å². The summed E-state index contributed by atoms with van der Waals surface area (Å²) in [6.07, 6.45) is 3.35. The van der Waals surface area contributed by atoms with Gasteiger partial charge in [0.2, 0.25) is 0 Å². The number of hydrogen-bond donors (Lipinski definition) is 1. The molecule has 134 valence electrons. The lowest BCUT2D eigenvalue weighted by molar-refractivity contribution is -0.000245. The molecule has 0 aliphatic carbocycles. The highest BCUT2D eigenvalue weighted by Gasteiger charge is 2.24. The van der Waals surface area contributed by atoms with E-state index >= 15 is 0 Å². The van der Waals surface area contributed by atoms with Crippen molar-refractivity contribution < 1.29 is 14.6 Å². The van der Waals surface area contributed by atoms with Crippen molar-refractivity contribution in [2.75, 3.05) is 20.2 Å². The van der Waals surface area contributed by atoms with Crippen LogP contribution in [0.2, 0.25) is 0 Å². The summed E-state index contributed by atoms with van der Waals surface area (Å²) in [5, 5.41) is 10.6. The topological polar surface area (TPSA) is 49.8 Å². The largest absolute Gasteiger partial charge is 0.507 e. The number of likely N-dealkylation sites (N-methyl/N-ethyl adjacent to an activating group) is 1. The third-order valence-corrected chi connectivity index (χ3v) is 4.78. The molecule has 0 spiro atoms. The third-order valence-electron chi connectivity index (χ3n) is 4.78. The quantitative estimate of drug-likeness (QED) is 0.875. The summed E-state index contributed by atoms with van der Waals surface area (Å²) in [6, 6.07) is 3.86. The van der Waals surface area contributed by atoms with Gasteiger partial charge in [-0.05, 0) is 48.3 Å². The number of rotatable bonds is 5. The van der Waals surface area contributed by atoms with E-state index in [2.05, 4.69) is 13.8 Å². The van der Waals surface area contributed by atoms with Crippen LogP contribution in [0.3, 0.4) is 0 Å². The zero-order valence-corrected chi connectivity index (χ0v) is 15.6. The summed E-state index contributed by atoms with van der Waals surface area (Å²) in [7, 11) is 1.79. The number of phenols is 1. The summed E-state index contributed by atoms with van der Waals surface area (Å²) < 4.78 is 5.73. The molecular weight excluding hydrogens is 302 g/mol. The Morgan fingerprint density at radius 3 is 2.50 bits per heavy atom. The van der Waals surface area contributed by atoms with Gasteiger partial charge in [-0.1, -0.05) is 33.8 Å². The van der Waals surface area contributed by atoms with Crippen molar-refractivity contribution in [3.63, 3.8) is 0 Å². The average molecular weight is 333 g/mol. The molecule has 1 amide bonds. The van der Waals surface area contributed by atoms with Crippen LogP contribution >= 0.6 is 0 Å². The number of ether oxygens (including phenoxy) is 1. The van der Waals surface area contributed by atoms with E-state index in [0.717, 1.165) is 37.0 Å². The maximum absolute atomic E-state index is 12.9. The normalized spacial score (nSPS) is 18.2. The van der Waals surface area contributed by atoms with E-state index < -0.39 is 0 Å². The number of carbonyl (C=O) groups excluding carboxylic acids is 1. The zero-order chi connectivity index (χ0) is 17.9. The predicted molar refractivity (Wildman–Crippen MR) is 96.8 cm³/mol. The minimum atomic E-state index is -0.133. The SMILES string of the molecule is CC(C)c1cc(C(=O)N(C)CC2CCCCO2)c(O)c(C(C)C)c1. The fraction of sp³-hybridized carbons (Fsp3) is 0.650. The maximum atomic E-state index is 12.9. The van der Waals surface area contributed by atoms with Crippen LogP contribution in [0.25, 0.3) is 0 Å². The van der Waals surface area contributed by atoms with Crippen LogP contribution in [0.4, 0.5) is 0 Å². The van der Waals surface area contributed by atoms with Crippen molar-refractivity contribution in [2.45, 2.75) is 64.9 Å². The highest BCUT2D eigenvalue weighted by atomic mass is 16.5. The first-order chi connectivity index (χ1) is 11.3. The molecule has 1 saturated heterocycles. The summed E-state index contributed by atoms with van der Waals surface area (Å²) in [6.45, 7) is 9.62. The van der Waals surface area contributed by atoms with Gasteiger partial charge in [0.05, 0.1) is 11.7 Å². The number of aromatic hydroxyl groups is 1. The lowest BCUT2D eigenvalue weighted by Crippen LogP contribution is -2.37. The van der Waals surface area contributed by atoms with Crippen LogP contribution < -0.4 is 0 Å². The molecular formula is C20H31NO3. The molecule has 1 aromatic rings. The van der Waals surface area contributed by atoms with Gasteiger partial charge in [0.1, 0.15) is 5.75 Å². The number of phenolic OH excluding ortho intramolecular Hbond substituents is 1.